The maximum atomic E-state index is 13.9. The fourth-order valence-corrected chi connectivity index (χ4v) is 6.24. The van der Waals surface area contributed by atoms with Crippen molar-refractivity contribution in [1.82, 2.24) is 9.80 Å². The molecule has 1 atom stereocenters. The molecule has 0 bridgehead atoms. The van der Waals surface area contributed by atoms with E-state index in [0.717, 1.165) is 49.7 Å². The first kappa shape index (κ1) is 18.2. The normalized spacial score (nSPS) is 27.4. The van der Waals surface area contributed by atoms with Crippen molar-refractivity contribution in [2.75, 3.05) is 26.3 Å². The minimum absolute atomic E-state index is 0.162. The Bertz CT molecular complexity index is 759. The van der Waals surface area contributed by atoms with Crippen molar-refractivity contribution in [3.8, 4) is 0 Å². The molecule has 2 heterocycles. The molecule has 5 rings (SSSR count). The summed E-state index contributed by atoms with van der Waals surface area (Å²) in [7, 11) is 0. The molecular formula is C23H30N2O3. The van der Waals surface area contributed by atoms with Gasteiger partial charge in [0.05, 0.1) is 24.7 Å². The maximum absolute atomic E-state index is 13.9. The number of hydrogen-bond donors (Lipinski definition) is 0. The number of hydrogen-bond acceptors (Lipinski definition) is 3. The zero-order chi connectivity index (χ0) is 19.1. The molecule has 1 saturated heterocycles. The largest absolute Gasteiger partial charge is 0.378 e. The van der Waals surface area contributed by atoms with Crippen LogP contribution in [0.4, 0.5) is 0 Å². The van der Waals surface area contributed by atoms with E-state index in [1.807, 2.05) is 29.2 Å². The van der Waals surface area contributed by atoms with E-state index in [0.29, 0.717) is 32.3 Å². The molecular weight excluding hydrogens is 352 g/mol. The van der Waals surface area contributed by atoms with E-state index in [-0.39, 0.29) is 23.3 Å². The second kappa shape index (κ2) is 7.18. The summed E-state index contributed by atoms with van der Waals surface area (Å²) in [6.07, 6.45) is 8.64. The summed E-state index contributed by atoms with van der Waals surface area (Å²) in [5, 5.41) is 0. The number of ether oxygens (including phenoxy) is 1. The zero-order valence-electron chi connectivity index (χ0n) is 16.6. The van der Waals surface area contributed by atoms with Gasteiger partial charge in [0.25, 0.3) is 5.91 Å². The number of carbonyl (C=O) groups excluding carboxylic acids is 2. The summed E-state index contributed by atoms with van der Waals surface area (Å²) in [5.41, 5.74) is 1.37. The number of carbonyl (C=O) groups is 2. The number of amides is 2. The molecule has 0 radical (unpaired) electrons. The summed E-state index contributed by atoms with van der Waals surface area (Å²) in [6.45, 7) is 2.53. The molecule has 2 aliphatic carbocycles. The molecule has 1 spiro atoms. The molecule has 150 valence electrons. The molecule has 5 nitrogen and oxygen atoms in total. The van der Waals surface area contributed by atoms with Gasteiger partial charge in [-0.3, -0.25) is 9.59 Å². The summed E-state index contributed by atoms with van der Waals surface area (Å²) < 4.78 is 5.48. The third-order valence-corrected chi connectivity index (χ3v) is 7.47. The van der Waals surface area contributed by atoms with Crippen LogP contribution in [0, 0.1) is 0 Å². The van der Waals surface area contributed by atoms with Gasteiger partial charge in [0.1, 0.15) is 0 Å². The molecule has 1 aromatic carbocycles. The van der Waals surface area contributed by atoms with Crippen LogP contribution in [0.1, 0.15) is 73.2 Å². The van der Waals surface area contributed by atoms with Crippen LogP contribution in [0.5, 0.6) is 0 Å². The Morgan fingerprint density at radius 1 is 1.00 bits per heavy atom. The minimum atomic E-state index is -0.337. The molecule has 2 saturated carbocycles. The lowest BCUT2D eigenvalue weighted by Crippen LogP contribution is -2.63. The molecule has 0 unspecified atom stereocenters. The molecule has 1 aromatic rings. The van der Waals surface area contributed by atoms with Gasteiger partial charge in [-0.25, -0.2) is 0 Å². The lowest BCUT2D eigenvalue weighted by Gasteiger charge is -2.53. The predicted molar refractivity (Wildman–Crippen MR) is 106 cm³/mol. The van der Waals surface area contributed by atoms with E-state index in [2.05, 4.69) is 4.90 Å². The standard InChI is InChI=1S/C23H30N2O3/c26-21-19-10-4-3-9-18(19)20(22(27)24-13-15-28-16-14-24)23(11-5-6-12-23)25(21)17-7-1-2-8-17/h3-4,9-10,17,20H,1-2,5-8,11-16H2/t20-/m1/s1. The molecule has 2 aliphatic heterocycles. The maximum Gasteiger partial charge on any atom is 0.254 e. The highest BCUT2D eigenvalue weighted by Crippen LogP contribution is 2.53. The van der Waals surface area contributed by atoms with Crippen LogP contribution in [0.3, 0.4) is 0 Å². The Kier molecular flexibility index (Phi) is 4.66. The van der Waals surface area contributed by atoms with Crippen molar-refractivity contribution in [3.05, 3.63) is 35.4 Å². The van der Waals surface area contributed by atoms with Crippen LogP contribution in [-0.2, 0) is 9.53 Å². The summed E-state index contributed by atoms with van der Waals surface area (Å²) in [5.74, 6) is 0.131. The van der Waals surface area contributed by atoms with Gasteiger partial charge in [-0.05, 0) is 37.3 Å². The Hall–Kier alpha value is -1.88. The van der Waals surface area contributed by atoms with E-state index < -0.39 is 0 Å². The van der Waals surface area contributed by atoms with Crippen LogP contribution in [0.25, 0.3) is 0 Å². The van der Waals surface area contributed by atoms with Gasteiger partial charge in [0.2, 0.25) is 5.91 Å². The predicted octanol–water partition coefficient (Wildman–Crippen LogP) is 3.34. The summed E-state index contributed by atoms with van der Waals surface area (Å²) >= 11 is 0. The number of nitrogens with zero attached hydrogens (tertiary/aromatic N) is 2. The van der Waals surface area contributed by atoms with Gasteiger partial charge >= 0.3 is 0 Å². The SMILES string of the molecule is O=C([C@H]1c2ccccc2C(=O)N(C2CCCC2)C12CCCC2)N1CCOCC1. The highest BCUT2D eigenvalue weighted by Gasteiger charge is 2.58. The number of rotatable bonds is 2. The molecule has 5 heteroatoms. The van der Waals surface area contributed by atoms with Gasteiger partial charge in [-0.2, -0.15) is 0 Å². The molecule has 0 N–H and O–H groups in total. The van der Waals surface area contributed by atoms with Crippen molar-refractivity contribution >= 4 is 11.8 Å². The molecule has 3 fully saturated rings. The molecule has 28 heavy (non-hydrogen) atoms. The lowest BCUT2D eigenvalue weighted by molar-refractivity contribution is -0.141. The third kappa shape index (κ3) is 2.70. The van der Waals surface area contributed by atoms with Gasteiger partial charge in [0.15, 0.2) is 0 Å². The van der Waals surface area contributed by atoms with Crippen LogP contribution in [0.15, 0.2) is 24.3 Å². The second-order valence-electron chi connectivity index (χ2n) is 8.88. The van der Waals surface area contributed by atoms with Crippen LogP contribution in [-0.4, -0.2) is 59.5 Å². The quantitative estimate of drug-likeness (QED) is 0.788. The van der Waals surface area contributed by atoms with E-state index in [1.54, 1.807) is 0 Å². The first-order valence-corrected chi connectivity index (χ1v) is 11.0. The number of fused-ring (bicyclic) bond motifs is 1. The molecule has 0 aromatic heterocycles. The zero-order valence-corrected chi connectivity index (χ0v) is 16.6. The monoisotopic (exact) mass is 382 g/mol. The fraction of sp³-hybridized carbons (Fsp3) is 0.652. The van der Waals surface area contributed by atoms with Gasteiger partial charge in [-0.15, -0.1) is 0 Å². The average molecular weight is 383 g/mol. The summed E-state index contributed by atoms with van der Waals surface area (Å²) in [6, 6.07) is 8.18. The third-order valence-electron chi connectivity index (χ3n) is 7.47. The Balaban J connectivity index is 1.64. The highest BCUT2D eigenvalue weighted by molar-refractivity contribution is 6.02. The summed E-state index contributed by atoms with van der Waals surface area (Å²) in [4.78, 5) is 31.8. The van der Waals surface area contributed by atoms with Gasteiger partial charge < -0.3 is 14.5 Å². The Labute approximate surface area is 167 Å². The van der Waals surface area contributed by atoms with E-state index in [9.17, 15) is 9.59 Å². The Morgan fingerprint density at radius 3 is 2.39 bits per heavy atom. The van der Waals surface area contributed by atoms with Crippen molar-refractivity contribution < 1.29 is 14.3 Å². The highest BCUT2D eigenvalue weighted by atomic mass is 16.5. The number of benzene rings is 1. The molecule has 4 aliphatic rings. The van der Waals surface area contributed by atoms with E-state index >= 15 is 0 Å². The number of morpholine rings is 1. The van der Waals surface area contributed by atoms with Crippen molar-refractivity contribution in [2.24, 2.45) is 0 Å². The average Bonchev–Trinajstić information content (AvgIpc) is 3.42. The first-order valence-electron chi connectivity index (χ1n) is 11.0. The van der Waals surface area contributed by atoms with Gasteiger partial charge in [0, 0.05) is 24.7 Å². The smallest absolute Gasteiger partial charge is 0.254 e. The minimum Gasteiger partial charge on any atom is -0.378 e. The van der Waals surface area contributed by atoms with Crippen molar-refractivity contribution in [2.45, 2.75) is 68.9 Å². The Morgan fingerprint density at radius 2 is 1.68 bits per heavy atom. The van der Waals surface area contributed by atoms with E-state index in [4.69, 9.17) is 4.74 Å². The first-order chi connectivity index (χ1) is 13.7. The molecule has 2 amide bonds. The van der Waals surface area contributed by atoms with Crippen LogP contribution < -0.4 is 0 Å². The fourth-order valence-electron chi connectivity index (χ4n) is 6.24. The van der Waals surface area contributed by atoms with Crippen molar-refractivity contribution in [3.63, 3.8) is 0 Å². The van der Waals surface area contributed by atoms with E-state index in [1.165, 1.54) is 12.8 Å². The van der Waals surface area contributed by atoms with Crippen LogP contribution >= 0.6 is 0 Å². The second-order valence-corrected chi connectivity index (χ2v) is 8.88. The van der Waals surface area contributed by atoms with Crippen LogP contribution in [0.2, 0.25) is 0 Å². The lowest BCUT2D eigenvalue weighted by atomic mass is 9.70. The topological polar surface area (TPSA) is 49.9 Å². The van der Waals surface area contributed by atoms with Gasteiger partial charge in [-0.1, -0.05) is 43.9 Å². The van der Waals surface area contributed by atoms with Crippen molar-refractivity contribution in [1.29, 1.82) is 0 Å².